The van der Waals surface area contributed by atoms with E-state index in [9.17, 15) is 0 Å². The maximum absolute atomic E-state index is 5.11. The predicted octanol–water partition coefficient (Wildman–Crippen LogP) is 16.2. The van der Waals surface area contributed by atoms with E-state index >= 15 is 0 Å². The van der Waals surface area contributed by atoms with Gasteiger partial charge in [-0.2, -0.15) is 0 Å². The van der Waals surface area contributed by atoms with E-state index in [0.717, 1.165) is 44.8 Å². The molecule has 0 atom stereocenters. The highest BCUT2D eigenvalue weighted by Gasteiger charge is 2.19. The topological polar surface area (TPSA) is 25.8 Å². The maximum Gasteiger partial charge on any atom is 0.160 e. The minimum absolute atomic E-state index is 0.710. The third-order valence-corrected chi connectivity index (χ3v) is 12.7. The summed E-state index contributed by atoms with van der Waals surface area (Å²) in [6.07, 6.45) is 0. The average Bonchev–Trinajstić information content (AvgIpc) is 3.73. The molecule has 2 nitrogen and oxygen atoms in total. The number of hydrogen-bond donors (Lipinski definition) is 0. The van der Waals surface area contributed by atoms with Crippen LogP contribution >= 0.6 is 11.3 Å². The number of thiophene rings is 1. The molecular formula is C58H38N2S. The van der Waals surface area contributed by atoms with E-state index in [-0.39, 0.29) is 0 Å². The van der Waals surface area contributed by atoms with Crippen LogP contribution in [0.15, 0.2) is 231 Å². The number of nitrogens with zero attached hydrogens (tertiary/aromatic N) is 2. The Labute approximate surface area is 359 Å². The van der Waals surface area contributed by atoms with Gasteiger partial charge in [0, 0.05) is 36.9 Å². The summed E-state index contributed by atoms with van der Waals surface area (Å²) in [7, 11) is 0. The van der Waals surface area contributed by atoms with Crippen molar-refractivity contribution in [2.75, 3.05) is 0 Å². The van der Waals surface area contributed by atoms with E-state index < -0.39 is 0 Å². The standard InChI is InChI=1S/C58H38N2S/c1-5-16-39(17-6-1)48-36-50(57(43-20-9-3-10-21-43)51(37-48)46-32-33-56-52(35-46)49-26-13-14-27-55(49)61-56)41-30-28-40(29-31-41)45-24-15-25-47(34-45)54-38-53(42-18-7-2-8-19-42)59-58(60-54)44-22-11-4-12-23-44/h1-38H. The zero-order valence-electron chi connectivity index (χ0n) is 33.2. The van der Waals surface area contributed by atoms with Gasteiger partial charge in [-0.15, -0.1) is 11.3 Å². The Hall–Kier alpha value is -7.72. The molecule has 0 aliphatic heterocycles. The molecule has 0 saturated heterocycles. The number of aromatic nitrogens is 2. The molecule has 0 spiro atoms. The second-order valence-electron chi connectivity index (χ2n) is 15.3. The summed E-state index contributed by atoms with van der Waals surface area (Å²) in [5.41, 5.74) is 16.7. The van der Waals surface area contributed by atoms with Gasteiger partial charge in [-0.05, 0) is 98.1 Å². The lowest BCUT2D eigenvalue weighted by Gasteiger charge is -2.19. The number of fused-ring (bicyclic) bond motifs is 3. The zero-order valence-corrected chi connectivity index (χ0v) is 34.1. The molecule has 286 valence electrons. The molecule has 11 rings (SSSR count). The second-order valence-corrected chi connectivity index (χ2v) is 16.4. The van der Waals surface area contributed by atoms with Gasteiger partial charge in [0.15, 0.2) is 5.82 Å². The third kappa shape index (κ3) is 7.12. The van der Waals surface area contributed by atoms with Crippen molar-refractivity contribution in [2.45, 2.75) is 0 Å². The molecule has 0 saturated carbocycles. The molecule has 2 heterocycles. The van der Waals surface area contributed by atoms with Crippen LogP contribution in [0, 0.1) is 0 Å². The molecule has 0 unspecified atom stereocenters. The Balaban J connectivity index is 1.04. The Bertz CT molecular complexity index is 3260. The average molecular weight is 795 g/mol. The van der Waals surface area contributed by atoms with Gasteiger partial charge in [0.2, 0.25) is 0 Å². The van der Waals surface area contributed by atoms with Crippen LogP contribution in [0.2, 0.25) is 0 Å². The fourth-order valence-electron chi connectivity index (χ4n) is 8.47. The largest absolute Gasteiger partial charge is 0.228 e. The van der Waals surface area contributed by atoms with E-state index in [1.165, 1.54) is 59.1 Å². The molecule has 11 aromatic rings. The number of benzene rings is 9. The van der Waals surface area contributed by atoms with Crippen molar-refractivity contribution in [2.24, 2.45) is 0 Å². The van der Waals surface area contributed by atoms with Crippen LogP contribution in [0.3, 0.4) is 0 Å². The highest BCUT2D eigenvalue weighted by Crippen LogP contribution is 2.45. The van der Waals surface area contributed by atoms with Crippen molar-refractivity contribution in [3.8, 4) is 89.5 Å². The number of rotatable bonds is 8. The maximum atomic E-state index is 5.11. The lowest BCUT2D eigenvalue weighted by atomic mass is 9.84. The van der Waals surface area contributed by atoms with Crippen molar-refractivity contribution >= 4 is 31.5 Å². The van der Waals surface area contributed by atoms with E-state index in [0.29, 0.717) is 5.82 Å². The third-order valence-electron chi connectivity index (χ3n) is 11.5. The first-order valence-corrected chi connectivity index (χ1v) is 21.5. The van der Waals surface area contributed by atoms with Crippen molar-refractivity contribution in [3.05, 3.63) is 231 Å². The van der Waals surface area contributed by atoms with Crippen molar-refractivity contribution < 1.29 is 0 Å². The molecular weight excluding hydrogens is 757 g/mol. The Kier molecular flexibility index (Phi) is 9.42. The Morgan fingerprint density at radius 1 is 0.262 bits per heavy atom. The van der Waals surface area contributed by atoms with E-state index in [2.05, 4.69) is 206 Å². The van der Waals surface area contributed by atoms with Crippen LogP contribution in [-0.4, -0.2) is 9.97 Å². The molecule has 0 amide bonds. The zero-order chi connectivity index (χ0) is 40.5. The smallest absolute Gasteiger partial charge is 0.160 e. The summed E-state index contributed by atoms with van der Waals surface area (Å²) in [5.74, 6) is 0.710. The van der Waals surface area contributed by atoms with Gasteiger partial charge >= 0.3 is 0 Å². The molecule has 0 aliphatic rings. The molecule has 0 N–H and O–H groups in total. The quantitative estimate of drug-likeness (QED) is 0.153. The fourth-order valence-corrected chi connectivity index (χ4v) is 9.56. The Morgan fingerprint density at radius 3 is 1.46 bits per heavy atom. The predicted molar refractivity (Wildman–Crippen MR) is 258 cm³/mol. The minimum Gasteiger partial charge on any atom is -0.228 e. The fraction of sp³-hybridized carbons (Fsp3) is 0. The first kappa shape index (κ1) is 36.4. The van der Waals surface area contributed by atoms with Gasteiger partial charge < -0.3 is 0 Å². The number of hydrogen-bond acceptors (Lipinski definition) is 3. The van der Waals surface area contributed by atoms with Crippen LogP contribution in [0.5, 0.6) is 0 Å². The summed E-state index contributed by atoms with van der Waals surface area (Å²) >= 11 is 1.86. The second kappa shape index (κ2) is 15.8. The van der Waals surface area contributed by atoms with Gasteiger partial charge in [-0.1, -0.05) is 188 Å². The SMILES string of the molecule is c1ccc(-c2cc(-c3ccc(-c4cccc(-c5cc(-c6ccccc6)nc(-c6ccccc6)n5)c4)cc3)c(-c3ccccc3)c(-c3ccc4sc5ccccc5c4c3)c2)cc1. The lowest BCUT2D eigenvalue weighted by molar-refractivity contribution is 1.18. The first-order valence-electron chi connectivity index (χ1n) is 20.6. The lowest BCUT2D eigenvalue weighted by Crippen LogP contribution is -1.96. The van der Waals surface area contributed by atoms with Gasteiger partial charge in [0.1, 0.15) is 0 Å². The van der Waals surface area contributed by atoms with E-state index in [1.807, 2.05) is 35.6 Å². The summed E-state index contributed by atoms with van der Waals surface area (Å²) in [5, 5.41) is 2.60. The normalized spacial score (nSPS) is 11.3. The van der Waals surface area contributed by atoms with Crippen LogP contribution in [0.4, 0.5) is 0 Å². The van der Waals surface area contributed by atoms with E-state index in [4.69, 9.17) is 9.97 Å². The molecule has 3 heteroatoms. The van der Waals surface area contributed by atoms with Gasteiger partial charge in [-0.3, -0.25) is 0 Å². The molecule has 61 heavy (non-hydrogen) atoms. The van der Waals surface area contributed by atoms with Crippen molar-refractivity contribution in [1.82, 2.24) is 9.97 Å². The Morgan fingerprint density at radius 2 is 0.754 bits per heavy atom. The van der Waals surface area contributed by atoms with Crippen LogP contribution in [0.25, 0.3) is 110 Å². The summed E-state index contributed by atoms with van der Waals surface area (Å²) in [4.78, 5) is 10.1. The molecule has 9 aromatic carbocycles. The van der Waals surface area contributed by atoms with Crippen LogP contribution < -0.4 is 0 Å². The van der Waals surface area contributed by atoms with Crippen molar-refractivity contribution in [1.29, 1.82) is 0 Å². The van der Waals surface area contributed by atoms with Crippen molar-refractivity contribution in [3.63, 3.8) is 0 Å². The van der Waals surface area contributed by atoms with Gasteiger partial charge in [-0.25, -0.2) is 9.97 Å². The highest BCUT2D eigenvalue weighted by atomic mass is 32.1. The summed E-state index contributed by atoms with van der Waals surface area (Å²) < 4.78 is 2.62. The molecule has 0 fully saturated rings. The summed E-state index contributed by atoms with van der Waals surface area (Å²) in [6, 6.07) is 82.5. The molecule has 0 bridgehead atoms. The highest BCUT2D eigenvalue weighted by molar-refractivity contribution is 7.25. The van der Waals surface area contributed by atoms with Crippen LogP contribution in [-0.2, 0) is 0 Å². The van der Waals surface area contributed by atoms with Crippen LogP contribution in [0.1, 0.15) is 0 Å². The monoisotopic (exact) mass is 794 g/mol. The van der Waals surface area contributed by atoms with E-state index in [1.54, 1.807) is 0 Å². The minimum atomic E-state index is 0.710. The molecule has 0 aliphatic carbocycles. The molecule has 2 aromatic heterocycles. The first-order chi connectivity index (χ1) is 30.2. The van der Waals surface area contributed by atoms with Gasteiger partial charge in [0.05, 0.1) is 11.4 Å². The molecule has 0 radical (unpaired) electrons. The van der Waals surface area contributed by atoms with Gasteiger partial charge in [0.25, 0.3) is 0 Å². The summed E-state index contributed by atoms with van der Waals surface area (Å²) in [6.45, 7) is 0.